The summed E-state index contributed by atoms with van der Waals surface area (Å²) < 4.78 is 0. The van der Waals surface area contributed by atoms with Gasteiger partial charge in [0.1, 0.15) is 6.04 Å². The third-order valence-electron chi connectivity index (χ3n) is 3.06. The normalized spacial score (nSPS) is 23.4. The molecule has 0 bridgehead atoms. The van der Waals surface area contributed by atoms with E-state index in [2.05, 4.69) is 19.2 Å². The van der Waals surface area contributed by atoms with E-state index in [1.165, 1.54) is 4.90 Å². The molecule has 1 fully saturated rings. The van der Waals surface area contributed by atoms with E-state index in [9.17, 15) is 14.7 Å². The fourth-order valence-corrected chi connectivity index (χ4v) is 2.08. The maximum atomic E-state index is 11.8. The molecular formula is C12H22N2O4. The van der Waals surface area contributed by atoms with Crippen molar-refractivity contribution in [1.82, 2.24) is 10.2 Å². The molecule has 104 valence electrons. The summed E-state index contributed by atoms with van der Waals surface area (Å²) >= 11 is 0. The predicted octanol–water partition coefficient (Wildman–Crippen LogP) is 0.652. The Kier molecular flexibility index (Phi) is 5.40. The molecule has 18 heavy (non-hydrogen) atoms. The van der Waals surface area contributed by atoms with Crippen LogP contribution in [0.4, 0.5) is 4.79 Å². The molecule has 1 aliphatic rings. The average molecular weight is 258 g/mol. The lowest BCUT2D eigenvalue weighted by molar-refractivity contribution is -0.141. The molecule has 0 aromatic carbocycles. The van der Waals surface area contributed by atoms with Gasteiger partial charge in [0.2, 0.25) is 0 Å². The third-order valence-corrected chi connectivity index (χ3v) is 3.06. The lowest BCUT2D eigenvalue weighted by Crippen LogP contribution is -2.46. The van der Waals surface area contributed by atoms with E-state index in [-0.39, 0.29) is 13.0 Å². The molecule has 1 heterocycles. The summed E-state index contributed by atoms with van der Waals surface area (Å²) in [5.74, 6) is -0.480. The number of likely N-dealkylation sites (tertiary alicyclic amines) is 1. The number of hydrogen-bond acceptors (Lipinski definition) is 3. The minimum absolute atomic E-state index is 0.0903. The summed E-state index contributed by atoms with van der Waals surface area (Å²) in [4.78, 5) is 23.9. The van der Waals surface area contributed by atoms with Crippen LogP contribution in [0.1, 0.15) is 33.1 Å². The molecule has 1 aliphatic heterocycles. The van der Waals surface area contributed by atoms with E-state index in [4.69, 9.17) is 5.11 Å². The first-order valence-corrected chi connectivity index (χ1v) is 6.37. The van der Waals surface area contributed by atoms with Crippen LogP contribution in [-0.4, -0.2) is 52.3 Å². The Labute approximate surface area is 107 Å². The van der Waals surface area contributed by atoms with Crippen molar-refractivity contribution < 1.29 is 19.8 Å². The zero-order valence-corrected chi connectivity index (χ0v) is 10.9. The molecule has 3 N–H and O–H groups in total. The number of urea groups is 1. The monoisotopic (exact) mass is 258 g/mol. The van der Waals surface area contributed by atoms with Crippen LogP contribution in [0.15, 0.2) is 0 Å². The van der Waals surface area contributed by atoms with Crippen LogP contribution in [0.25, 0.3) is 0 Å². The van der Waals surface area contributed by atoms with Gasteiger partial charge in [-0.15, -0.1) is 0 Å². The SMILES string of the molecule is CC(C)CCCNC(=O)N1C[C@@H](O)C[C@H]1C(=O)O. The molecule has 0 aliphatic carbocycles. The van der Waals surface area contributed by atoms with Crippen molar-refractivity contribution in [3.05, 3.63) is 0 Å². The molecule has 0 aromatic heterocycles. The second-order valence-electron chi connectivity index (χ2n) is 5.16. The molecule has 0 spiro atoms. The number of carboxylic acid groups (broad SMARTS) is 1. The fourth-order valence-electron chi connectivity index (χ4n) is 2.08. The first-order chi connectivity index (χ1) is 8.41. The number of nitrogens with one attached hydrogen (secondary N) is 1. The lowest BCUT2D eigenvalue weighted by Gasteiger charge is -2.21. The van der Waals surface area contributed by atoms with Crippen LogP contribution in [-0.2, 0) is 4.79 Å². The number of carboxylic acids is 1. The molecule has 1 saturated heterocycles. The molecule has 6 nitrogen and oxygen atoms in total. The van der Waals surface area contributed by atoms with Crippen molar-refractivity contribution in [1.29, 1.82) is 0 Å². The molecule has 2 amide bonds. The number of nitrogens with zero attached hydrogens (tertiary/aromatic N) is 1. The van der Waals surface area contributed by atoms with Crippen molar-refractivity contribution in [3.8, 4) is 0 Å². The van der Waals surface area contributed by atoms with E-state index in [1.807, 2.05) is 0 Å². The number of aliphatic carboxylic acids is 1. The Balaban J connectivity index is 2.38. The van der Waals surface area contributed by atoms with E-state index in [0.717, 1.165) is 12.8 Å². The topological polar surface area (TPSA) is 89.9 Å². The van der Waals surface area contributed by atoms with Gasteiger partial charge >= 0.3 is 12.0 Å². The average Bonchev–Trinajstić information content (AvgIpc) is 2.66. The van der Waals surface area contributed by atoms with Crippen molar-refractivity contribution in [2.45, 2.75) is 45.3 Å². The van der Waals surface area contributed by atoms with Crippen molar-refractivity contribution in [2.75, 3.05) is 13.1 Å². The summed E-state index contributed by atoms with van der Waals surface area (Å²) in [7, 11) is 0. The minimum Gasteiger partial charge on any atom is -0.480 e. The Morgan fingerprint density at radius 3 is 2.67 bits per heavy atom. The van der Waals surface area contributed by atoms with E-state index in [1.54, 1.807) is 0 Å². The van der Waals surface area contributed by atoms with Gasteiger partial charge < -0.3 is 20.4 Å². The number of carbonyl (C=O) groups is 2. The second kappa shape index (κ2) is 6.58. The summed E-state index contributed by atoms with van der Waals surface area (Å²) in [5, 5.41) is 21.1. The van der Waals surface area contributed by atoms with Crippen LogP contribution in [0.2, 0.25) is 0 Å². The van der Waals surface area contributed by atoms with Crippen LogP contribution >= 0.6 is 0 Å². The van der Waals surface area contributed by atoms with Crippen molar-refractivity contribution in [3.63, 3.8) is 0 Å². The van der Waals surface area contributed by atoms with Crippen LogP contribution in [0.3, 0.4) is 0 Å². The van der Waals surface area contributed by atoms with E-state index >= 15 is 0 Å². The fraction of sp³-hybridized carbons (Fsp3) is 0.833. The molecule has 1 rings (SSSR count). The highest BCUT2D eigenvalue weighted by Crippen LogP contribution is 2.18. The maximum Gasteiger partial charge on any atom is 0.326 e. The maximum absolute atomic E-state index is 11.8. The molecule has 0 aromatic rings. The number of β-amino-alcohol motifs (C(OH)–C–C–N with tert-alkyl or cyclic N) is 1. The zero-order chi connectivity index (χ0) is 13.7. The number of aliphatic hydroxyl groups excluding tert-OH is 1. The van der Waals surface area contributed by atoms with Crippen LogP contribution < -0.4 is 5.32 Å². The molecule has 6 heteroatoms. The third kappa shape index (κ3) is 4.18. The van der Waals surface area contributed by atoms with Crippen molar-refractivity contribution in [2.24, 2.45) is 5.92 Å². The van der Waals surface area contributed by atoms with Crippen LogP contribution in [0.5, 0.6) is 0 Å². The Morgan fingerprint density at radius 2 is 2.11 bits per heavy atom. The number of carbonyl (C=O) groups excluding carboxylic acids is 1. The van der Waals surface area contributed by atoms with Gasteiger partial charge in [0.05, 0.1) is 6.10 Å². The van der Waals surface area contributed by atoms with Gasteiger partial charge in [0.25, 0.3) is 0 Å². The van der Waals surface area contributed by atoms with Gasteiger partial charge in [0.15, 0.2) is 0 Å². The molecular weight excluding hydrogens is 236 g/mol. The van der Waals surface area contributed by atoms with Gasteiger partial charge in [-0.1, -0.05) is 13.8 Å². The smallest absolute Gasteiger partial charge is 0.326 e. The Hall–Kier alpha value is -1.30. The molecule has 0 radical (unpaired) electrons. The number of amides is 2. The van der Waals surface area contributed by atoms with Gasteiger partial charge in [-0.3, -0.25) is 0 Å². The largest absolute Gasteiger partial charge is 0.480 e. The highest BCUT2D eigenvalue weighted by molar-refractivity contribution is 5.83. The summed E-state index contributed by atoms with van der Waals surface area (Å²) in [6.45, 7) is 4.85. The van der Waals surface area contributed by atoms with Crippen molar-refractivity contribution >= 4 is 12.0 Å². The highest BCUT2D eigenvalue weighted by Gasteiger charge is 2.38. The second-order valence-corrected chi connectivity index (χ2v) is 5.16. The summed E-state index contributed by atoms with van der Waals surface area (Å²) in [6, 6.07) is -1.31. The number of hydrogen-bond donors (Lipinski definition) is 3. The van der Waals surface area contributed by atoms with Crippen LogP contribution in [0, 0.1) is 5.92 Å². The summed E-state index contributed by atoms with van der Waals surface area (Å²) in [5.41, 5.74) is 0. The van der Waals surface area contributed by atoms with Gasteiger partial charge in [-0.05, 0) is 18.8 Å². The Bertz CT molecular complexity index is 306. The predicted molar refractivity (Wildman–Crippen MR) is 66.2 cm³/mol. The quantitative estimate of drug-likeness (QED) is 0.632. The number of aliphatic hydroxyl groups is 1. The van der Waals surface area contributed by atoms with Gasteiger partial charge in [-0.2, -0.15) is 0 Å². The molecule has 0 unspecified atom stereocenters. The van der Waals surface area contributed by atoms with E-state index in [0.29, 0.717) is 12.5 Å². The minimum atomic E-state index is -1.07. The standard InChI is InChI=1S/C12H22N2O4/c1-8(2)4-3-5-13-12(18)14-7-9(15)6-10(14)11(16)17/h8-10,15H,3-7H2,1-2H3,(H,13,18)(H,16,17)/t9-,10-/m0/s1. The first-order valence-electron chi connectivity index (χ1n) is 6.37. The molecule has 0 saturated carbocycles. The Morgan fingerprint density at radius 1 is 1.44 bits per heavy atom. The lowest BCUT2D eigenvalue weighted by atomic mass is 10.1. The van der Waals surface area contributed by atoms with Gasteiger partial charge in [-0.25, -0.2) is 9.59 Å². The number of rotatable bonds is 5. The zero-order valence-electron chi connectivity index (χ0n) is 10.9. The summed E-state index contributed by atoms with van der Waals surface area (Å²) in [6.07, 6.45) is 1.25. The van der Waals surface area contributed by atoms with E-state index < -0.39 is 24.1 Å². The first kappa shape index (κ1) is 14.8. The van der Waals surface area contributed by atoms with Gasteiger partial charge in [0, 0.05) is 19.5 Å². The molecule has 2 atom stereocenters. The highest BCUT2D eigenvalue weighted by atomic mass is 16.4.